The summed E-state index contributed by atoms with van der Waals surface area (Å²) in [6, 6.07) is 15.7. The van der Waals surface area contributed by atoms with Crippen molar-refractivity contribution in [3.8, 4) is 0 Å². The zero-order valence-corrected chi connectivity index (χ0v) is 18.6. The third-order valence-corrected chi connectivity index (χ3v) is 6.54. The molecule has 7 nitrogen and oxygen atoms in total. The van der Waals surface area contributed by atoms with Crippen LogP contribution in [0.5, 0.6) is 0 Å². The van der Waals surface area contributed by atoms with Crippen molar-refractivity contribution < 1.29 is 9.21 Å². The summed E-state index contributed by atoms with van der Waals surface area (Å²) in [6.07, 6.45) is 3.76. The first-order valence-electron chi connectivity index (χ1n) is 10.8. The van der Waals surface area contributed by atoms with E-state index in [0.717, 1.165) is 41.7 Å². The van der Waals surface area contributed by atoms with Crippen molar-refractivity contribution in [2.24, 2.45) is 0 Å². The first kappa shape index (κ1) is 20.7. The summed E-state index contributed by atoms with van der Waals surface area (Å²) in [4.78, 5) is 22.1. The molecule has 1 fully saturated rings. The summed E-state index contributed by atoms with van der Waals surface area (Å²) >= 11 is 6.05. The molecule has 0 unspecified atom stereocenters. The largest absolute Gasteiger partial charge is 0.424 e. The van der Waals surface area contributed by atoms with E-state index < -0.39 is 0 Å². The molecule has 8 heteroatoms. The molecule has 0 bridgehead atoms. The first-order chi connectivity index (χ1) is 15.5. The van der Waals surface area contributed by atoms with E-state index in [2.05, 4.69) is 20.2 Å². The lowest BCUT2D eigenvalue weighted by atomic mass is 9.64. The molecule has 1 N–H and O–H groups in total. The van der Waals surface area contributed by atoms with E-state index in [4.69, 9.17) is 16.0 Å². The highest BCUT2D eigenvalue weighted by molar-refractivity contribution is 6.30. The Hall–Kier alpha value is -3.19. The van der Waals surface area contributed by atoms with E-state index in [1.165, 1.54) is 0 Å². The van der Waals surface area contributed by atoms with Crippen molar-refractivity contribution in [3.05, 3.63) is 76.7 Å². The normalized spacial score (nSPS) is 14.9. The fourth-order valence-electron chi connectivity index (χ4n) is 4.27. The van der Waals surface area contributed by atoms with Gasteiger partial charge in [-0.05, 0) is 42.7 Å². The highest BCUT2D eigenvalue weighted by Gasteiger charge is 2.45. The van der Waals surface area contributed by atoms with E-state index >= 15 is 0 Å². The lowest BCUT2D eigenvalue weighted by Crippen LogP contribution is -2.35. The number of hydrogen-bond donors (Lipinski definition) is 1. The maximum atomic E-state index is 12.6. The van der Waals surface area contributed by atoms with Crippen LogP contribution >= 0.6 is 11.6 Å². The number of para-hydroxylation sites is 2. The summed E-state index contributed by atoms with van der Waals surface area (Å²) in [7, 11) is 1.78. The SMILES string of the molecule is CN(Cc1nc2ccccc2[nH]1)C(=O)CCc1nnc(C2(c3ccc(Cl)cc3)CCC2)o1. The molecule has 0 aliphatic heterocycles. The van der Waals surface area contributed by atoms with Crippen LogP contribution in [0.3, 0.4) is 0 Å². The molecule has 0 saturated heterocycles. The maximum absolute atomic E-state index is 12.6. The van der Waals surface area contributed by atoms with Crippen molar-refractivity contribution in [2.45, 2.75) is 44.1 Å². The van der Waals surface area contributed by atoms with Gasteiger partial charge < -0.3 is 14.3 Å². The Morgan fingerprint density at radius 3 is 2.66 bits per heavy atom. The van der Waals surface area contributed by atoms with E-state index in [0.29, 0.717) is 36.2 Å². The minimum absolute atomic E-state index is 0.00117. The molecule has 0 atom stereocenters. The Labute approximate surface area is 190 Å². The minimum Gasteiger partial charge on any atom is -0.424 e. The number of imidazole rings is 1. The molecular formula is C24H24ClN5O2. The number of carbonyl (C=O) groups excluding carboxylic acids is 1. The number of amides is 1. The maximum Gasteiger partial charge on any atom is 0.227 e. The second-order valence-electron chi connectivity index (χ2n) is 8.39. The van der Waals surface area contributed by atoms with Crippen molar-refractivity contribution in [1.82, 2.24) is 25.1 Å². The van der Waals surface area contributed by atoms with E-state index in [1.54, 1.807) is 11.9 Å². The number of aromatic nitrogens is 4. The molecule has 164 valence electrons. The number of rotatable bonds is 7. The highest BCUT2D eigenvalue weighted by atomic mass is 35.5. The number of H-pyrrole nitrogens is 1. The summed E-state index contributed by atoms with van der Waals surface area (Å²) in [5, 5.41) is 9.26. The van der Waals surface area contributed by atoms with Gasteiger partial charge in [-0.3, -0.25) is 4.79 Å². The second-order valence-corrected chi connectivity index (χ2v) is 8.83. The molecule has 1 amide bonds. The van der Waals surface area contributed by atoms with E-state index in [-0.39, 0.29) is 11.3 Å². The number of hydrogen-bond acceptors (Lipinski definition) is 5. The third-order valence-electron chi connectivity index (χ3n) is 6.28. The van der Waals surface area contributed by atoms with Crippen LogP contribution in [0.4, 0.5) is 0 Å². The molecular weight excluding hydrogens is 426 g/mol. The number of benzene rings is 2. The molecule has 2 aromatic heterocycles. The van der Waals surface area contributed by atoms with Gasteiger partial charge in [0.15, 0.2) is 0 Å². The summed E-state index contributed by atoms with van der Waals surface area (Å²) in [6.45, 7) is 0.419. The summed E-state index contributed by atoms with van der Waals surface area (Å²) in [5.41, 5.74) is 2.77. The number of nitrogens with one attached hydrogen (secondary N) is 1. The quantitative estimate of drug-likeness (QED) is 0.443. The Bertz CT molecular complexity index is 1210. The molecule has 5 rings (SSSR count). The first-order valence-corrected chi connectivity index (χ1v) is 11.2. The summed E-state index contributed by atoms with van der Waals surface area (Å²) < 4.78 is 6.02. The van der Waals surface area contributed by atoms with Crippen molar-refractivity contribution in [2.75, 3.05) is 7.05 Å². The molecule has 1 aliphatic carbocycles. The van der Waals surface area contributed by atoms with Crippen molar-refractivity contribution in [3.63, 3.8) is 0 Å². The van der Waals surface area contributed by atoms with Gasteiger partial charge in [-0.2, -0.15) is 0 Å². The number of aromatic amines is 1. The standard InChI is InChI=1S/C24H24ClN5O2/c1-30(15-20-26-18-5-2-3-6-19(18)27-20)22(31)12-11-21-28-29-23(32-21)24(13-4-14-24)16-7-9-17(25)10-8-16/h2-3,5-10H,4,11-15H2,1H3,(H,26,27). The van der Waals surface area contributed by atoms with Crippen LogP contribution in [0.2, 0.25) is 5.02 Å². The fourth-order valence-corrected chi connectivity index (χ4v) is 4.40. The Morgan fingerprint density at radius 2 is 1.94 bits per heavy atom. The van der Waals surface area contributed by atoms with Crippen LogP contribution < -0.4 is 0 Å². The van der Waals surface area contributed by atoms with Crippen LogP contribution in [0.15, 0.2) is 52.9 Å². The average Bonchev–Trinajstić information content (AvgIpc) is 3.39. The van der Waals surface area contributed by atoms with Gasteiger partial charge in [0, 0.05) is 24.9 Å². The predicted molar refractivity (Wildman–Crippen MR) is 121 cm³/mol. The lowest BCUT2D eigenvalue weighted by molar-refractivity contribution is -0.130. The van der Waals surface area contributed by atoms with Crippen LogP contribution in [0.25, 0.3) is 11.0 Å². The Morgan fingerprint density at radius 1 is 1.16 bits per heavy atom. The van der Waals surface area contributed by atoms with Crippen molar-refractivity contribution >= 4 is 28.5 Å². The molecule has 2 aromatic carbocycles. The monoisotopic (exact) mass is 449 g/mol. The summed E-state index contributed by atoms with van der Waals surface area (Å²) in [5.74, 6) is 1.88. The smallest absolute Gasteiger partial charge is 0.227 e. The number of carbonyl (C=O) groups is 1. The lowest BCUT2D eigenvalue weighted by Gasteiger charge is -2.39. The minimum atomic E-state index is -0.238. The van der Waals surface area contributed by atoms with Crippen LogP contribution in [-0.2, 0) is 23.2 Å². The topological polar surface area (TPSA) is 87.9 Å². The van der Waals surface area contributed by atoms with E-state index in [9.17, 15) is 4.79 Å². The molecule has 1 saturated carbocycles. The highest BCUT2D eigenvalue weighted by Crippen LogP contribution is 2.48. The number of aryl methyl sites for hydroxylation is 1. The van der Waals surface area contributed by atoms with Gasteiger partial charge in [-0.25, -0.2) is 4.98 Å². The van der Waals surface area contributed by atoms with Crippen LogP contribution in [-0.4, -0.2) is 38.0 Å². The number of nitrogens with zero attached hydrogens (tertiary/aromatic N) is 4. The molecule has 0 radical (unpaired) electrons. The third kappa shape index (κ3) is 3.88. The predicted octanol–water partition coefficient (Wildman–Crippen LogP) is 4.66. The van der Waals surface area contributed by atoms with Crippen LogP contribution in [0, 0.1) is 0 Å². The molecule has 4 aromatic rings. The molecule has 1 aliphatic rings. The zero-order chi connectivity index (χ0) is 22.1. The van der Waals surface area contributed by atoms with Gasteiger partial charge >= 0.3 is 0 Å². The van der Waals surface area contributed by atoms with Gasteiger partial charge in [-0.15, -0.1) is 10.2 Å². The Balaban J connectivity index is 1.21. The fraction of sp³-hybridized carbons (Fsp3) is 0.333. The molecule has 0 spiro atoms. The van der Waals surface area contributed by atoms with Gasteiger partial charge in [0.05, 0.1) is 23.0 Å². The zero-order valence-electron chi connectivity index (χ0n) is 17.8. The second kappa shape index (κ2) is 8.39. The van der Waals surface area contributed by atoms with Gasteiger partial charge in [0.25, 0.3) is 0 Å². The molecule has 2 heterocycles. The van der Waals surface area contributed by atoms with Gasteiger partial charge in [0.2, 0.25) is 17.7 Å². The molecule has 32 heavy (non-hydrogen) atoms. The number of fused-ring (bicyclic) bond motifs is 1. The Kier molecular flexibility index (Phi) is 5.43. The van der Waals surface area contributed by atoms with Gasteiger partial charge in [-0.1, -0.05) is 42.3 Å². The van der Waals surface area contributed by atoms with Crippen molar-refractivity contribution in [1.29, 1.82) is 0 Å². The average molecular weight is 450 g/mol. The van der Waals surface area contributed by atoms with Crippen LogP contribution in [0.1, 0.15) is 48.9 Å². The van der Waals surface area contributed by atoms with Gasteiger partial charge in [0.1, 0.15) is 5.82 Å². The van der Waals surface area contributed by atoms with E-state index in [1.807, 2.05) is 48.5 Å². The number of halogens is 1.